The Hall–Kier alpha value is -2.09. The number of rotatable bonds is 3. The number of nitrogens with zero attached hydrogens (tertiary/aromatic N) is 3. The maximum Gasteiger partial charge on any atom is 0.405 e. The van der Waals surface area contributed by atoms with Gasteiger partial charge in [0.15, 0.2) is 0 Å². The lowest BCUT2D eigenvalue weighted by Crippen LogP contribution is -2.45. The second kappa shape index (κ2) is 7.03. The highest BCUT2D eigenvalue weighted by molar-refractivity contribution is 6.31. The van der Waals surface area contributed by atoms with Gasteiger partial charge in [0.05, 0.1) is 11.4 Å². The van der Waals surface area contributed by atoms with E-state index in [1.165, 1.54) is 6.33 Å². The highest BCUT2D eigenvalue weighted by atomic mass is 35.5. The maximum atomic E-state index is 12.3. The molecule has 9 heteroatoms. The fraction of sp³-hybridized carbons (Fsp3) is 0.438. The summed E-state index contributed by atoms with van der Waals surface area (Å²) in [5.74, 6) is -0.424. The second-order valence-electron chi connectivity index (χ2n) is 5.98. The molecule has 2 heterocycles. The molecule has 5 nitrogen and oxygen atoms in total. The Labute approximate surface area is 147 Å². The molecule has 0 bridgehead atoms. The topological polar surface area (TPSA) is 58.1 Å². The molecule has 1 aliphatic heterocycles. The standard InChI is InChI=1S/C16H16ClF3N4O/c17-11-3-4-12-13(6-11)22-9-23-14(12)24-5-1-2-10(7-24)15(25)21-8-16(18,19)20/h3-4,6,9-10H,1-2,5,7-8H2,(H,21,25). The molecule has 1 aliphatic rings. The summed E-state index contributed by atoms with van der Waals surface area (Å²) in [6, 6.07) is 5.26. The van der Waals surface area contributed by atoms with E-state index in [0.29, 0.717) is 42.3 Å². The van der Waals surface area contributed by atoms with Crippen molar-refractivity contribution in [3.05, 3.63) is 29.5 Å². The molecule has 134 valence electrons. The highest BCUT2D eigenvalue weighted by Gasteiger charge is 2.32. The molecule has 3 rings (SSSR count). The van der Waals surface area contributed by atoms with Crippen molar-refractivity contribution in [1.82, 2.24) is 15.3 Å². The van der Waals surface area contributed by atoms with Gasteiger partial charge in [-0.3, -0.25) is 4.79 Å². The number of amides is 1. The van der Waals surface area contributed by atoms with Crippen LogP contribution in [0.5, 0.6) is 0 Å². The van der Waals surface area contributed by atoms with Crippen molar-refractivity contribution >= 4 is 34.2 Å². The van der Waals surface area contributed by atoms with E-state index in [1.54, 1.807) is 18.2 Å². The van der Waals surface area contributed by atoms with E-state index >= 15 is 0 Å². The van der Waals surface area contributed by atoms with Gasteiger partial charge in [0.2, 0.25) is 5.91 Å². The van der Waals surface area contributed by atoms with Gasteiger partial charge in [-0.2, -0.15) is 13.2 Å². The molecule has 2 aromatic rings. The third-order valence-corrected chi connectivity index (χ3v) is 4.37. The molecular formula is C16H16ClF3N4O. The van der Waals surface area contributed by atoms with E-state index in [2.05, 4.69) is 9.97 Å². The van der Waals surface area contributed by atoms with Crippen molar-refractivity contribution in [2.75, 3.05) is 24.5 Å². The number of nitrogens with one attached hydrogen (secondary N) is 1. The normalized spacial score (nSPS) is 18.4. The zero-order chi connectivity index (χ0) is 18.0. The Morgan fingerprint density at radius 2 is 2.16 bits per heavy atom. The zero-order valence-electron chi connectivity index (χ0n) is 13.2. The van der Waals surface area contributed by atoms with Crippen molar-refractivity contribution in [2.45, 2.75) is 19.0 Å². The van der Waals surface area contributed by atoms with Crippen LogP contribution in [0.2, 0.25) is 5.02 Å². The number of hydrogen-bond donors (Lipinski definition) is 1. The minimum Gasteiger partial charge on any atom is -0.355 e. The monoisotopic (exact) mass is 372 g/mol. The summed E-state index contributed by atoms with van der Waals surface area (Å²) < 4.78 is 36.8. The fourth-order valence-electron chi connectivity index (χ4n) is 2.98. The average Bonchev–Trinajstić information content (AvgIpc) is 2.58. The molecular weight excluding hydrogens is 357 g/mol. The molecule has 1 unspecified atom stereocenters. The molecule has 1 aromatic carbocycles. The fourth-order valence-corrected chi connectivity index (χ4v) is 3.15. The van der Waals surface area contributed by atoms with Crippen LogP contribution in [0, 0.1) is 5.92 Å². The highest BCUT2D eigenvalue weighted by Crippen LogP contribution is 2.29. The van der Waals surface area contributed by atoms with Crippen molar-refractivity contribution in [1.29, 1.82) is 0 Å². The van der Waals surface area contributed by atoms with Gasteiger partial charge in [-0.05, 0) is 31.0 Å². The van der Waals surface area contributed by atoms with E-state index < -0.39 is 24.5 Å². The molecule has 1 N–H and O–H groups in total. The van der Waals surface area contributed by atoms with Crippen LogP contribution in [0.3, 0.4) is 0 Å². The molecule has 0 saturated carbocycles. The molecule has 1 amide bonds. The molecule has 0 radical (unpaired) electrons. The van der Waals surface area contributed by atoms with Crippen LogP contribution < -0.4 is 10.2 Å². The summed E-state index contributed by atoms with van der Waals surface area (Å²) in [6.07, 6.45) is -1.74. The first kappa shape index (κ1) is 17.7. The predicted octanol–water partition coefficient (Wildman–Crippen LogP) is 3.18. The summed E-state index contributed by atoms with van der Waals surface area (Å²) in [4.78, 5) is 22.4. The SMILES string of the molecule is O=C(NCC(F)(F)F)C1CCCN(c2ncnc3cc(Cl)ccc23)C1. The van der Waals surface area contributed by atoms with E-state index in [-0.39, 0.29) is 0 Å². The quantitative estimate of drug-likeness (QED) is 0.899. The van der Waals surface area contributed by atoms with Gasteiger partial charge in [-0.15, -0.1) is 0 Å². The number of carbonyl (C=O) groups is 1. The number of aromatic nitrogens is 2. The summed E-state index contributed by atoms with van der Waals surface area (Å²) in [7, 11) is 0. The lowest BCUT2D eigenvalue weighted by atomic mass is 9.97. The summed E-state index contributed by atoms with van der Waals surface area (Å²) in [5.41, 5.74) is 0.682. The number of anilines is 1. The molecule has 0 aliphatic carbocycles. The zero-order valence-corrected chi connectivity index (χ0v) is 13.9. The molecule has 0 spiro atoms. The van der Waals surface area contributed by atoms with Crippen molar-refractivity contribution in [3.8, 4) is 0 Å². The average molecular weight is 373 g/mol. The van der Waals surface area contributed by atoms with Gasteiger partial charge in [0, 0.05) is 23.5 Å². The third-order valence-electron chi connectivity index (χ3n) is 4.13. The van der Waals surface area contributed by atoms with Gasteiger partial charge < -0.3 is 10.2 Å². The largest absolute Gasteiger partial charge is 0.405 e. The molecule has 1 saturated heterocycles. The molecule has 1 fully saturated rings. The third kappa shape index (κ3) is 4.31. The number of halogens is 4. The summed E-state index contributed by atoms with van der Waals surface area (Å²) in [6.45, 7) is -0.312. The lowest BCUT2D eigenvalue weighted by Gasteiger charge is -2.33. The van der Waals surface area contributed by atoms with E-state index in [1.807, 2.05) is 10.2 Å². The Balaban J connectivity index is 1.77. The Morgan fingerprint density at radius 1 is 1.36 bits per heavy atom. The van der Waals surface area contributed by atoms with Crippen LogP contribution in [0.15, 0.2) is 24.5 Å². The van der Waals surface area contributed by atoms with Crippen molar-refractivity contribution < 1.29 is 18.0 Å². The first-order valence-electron chi connectivity index (χ1n) is 7.83. The smallest absolute Gasteiger partial charge is 0.355 e. The second-order valence-corrected chi connectivity index (χ2v) is 6.41. The molecule has 25 heavy (non-hydrogen) atoms. The summed E-state index contributed by atoms with van der Waals surface area (Å²) >= 11 is 5.97. The van der Waals surface area contributed by atoms with Gasteiger partial charge in [0.25, 0.3) is 0 Å². The number of alkyl halides is 3. The minimum absolute atomic E-state index is 0.318. The molecule has 1 aromatic heterocycles. The number of piperidine rings is 1. The predicted molar refractivity (Wildman–Crippen MR) is 88.5 cm³/mol. The number of hydrogen-bond acceptors (Lipinski definition) is 4. The Bertz CT molecular complexity index is 784. The van der Waals surface area contributed by atoms with E-state index in [9.17, 15) is 18.0 Å². The number of carbonyl (C=O) groups excluding carboxylic acids is 1. The number of fused-ring (bicyclic) bond motifs is 1. The minimum atomic E-state index is -4.41. The van der Waals surface area contributed by atoms with Gasteiger partial charge in [-0.25, -0.2) is 9.97 Å². The van der Waals surface area contributed by atoms with Crippen LogP contribution in [0.25, 0.3) is 10.9 Å². The maximum absolute atomic E-state index is 12.3. The van der Waals surface area contributed by atoms with Crippen LogP contribution in [-0.4, -0.2) is 41.7 Å². The first-order valence-corrected chi connectivity index (χ1v) is 8.21. The van der Waals surface area contributed by atoms with Crippen molar-refractivity contribution in [2.24, 2.45) is 5.92 Å². The van der Waals surface area contributed by atoms with Crippen LogP contribution in [-0.2, 0) is 4.79 Å². The lowest BCUT2D eigenvalue weighted by molar-refractivity contribution is -0.140. The van der Waals surface area contributed by atoms with E-state index in [0.717, 1.165) is 5.39 Å². The van der Waals surface area contributed by atoms with Crippen LogP contribution >= 0.6 is 11.6 Å². The Kier molecular flexibility index (Phi) is 4.99. The van der Waals surface area contributed by atoms with Gasteiger partial charge in [-0.1, -0.05) is 11.6 Å². The van der Waals surface area contributed by atoms with Crippen LogP contribution in [0.1, 0.15) is 12.8 Å². The first-order chi connectivity index (χ1) is 11.8. The Morgan fingerprint density at radius 3 is 2.92 bits per heavy atom. The summed E-state index contributed by atoms with van der Waals surface area (Å²) in [5, 5.41) is 3.32. The van der Waals surface area contributed by atoms with E-state index in [4.69, 9.17) is 11.6 Å². The van der Waals surface area contributed by atoms with Crippen LogP contribution in [0.4, 0.5) is 19.0 Å². The van der Waals surface area contributed by atoms with Crippen molar-refractivity contribution in [3.63, 3.8) is 0 Å². The van der Waals surface area contributed by atoms with Gasteiger partial charge in [0.1, 0.15) is 18.7 Å². The molecule has 1 atom stereocenters. The van der Waals surface area contributed by atoms with Gasteiger partial charge >= 0.3 is 6.18 Å². The number of benzene rings is 1.